The highest BCUT2D eigenvalue weighted by Crippen LogP contribution is 2.17. The molecule has 1 unspecified atom stereocenters. The second kappa shape index (κ2) is 7.25. The lowest BCUT2D eigenvalue weighted by atomic mass is 10.2. The maximum atomic E-state index is 13.1. The number of carbonyl (C=O) groups is 1. The van der Waals surface area contributed by atoms with Gasteiger partial charge in [0.25, 0.3) is 5.91 Å². The smallest absolute Gasteiger partial charge is 0.260 e. The second-order valence-electron chi connectivity index (χ2n) is 5.58. The standard InChI is InChI=1S/C17H17F2N3O2/c18-15-4-3-14(8-16(15)19)24-11-17(23)22-7-5-13(10-22)21-12-2-1-6-20-9-12/h1-4,6,8-9,13,21H,5,7,10-11H2. The highest BCUT2D eigenvalue weighted by molar-refractivity contribution is 5.78. The molecule has 1 atom stereocenters. The first-order valence-electron chi connectivity index (χ1n) is 7.64. The maximum absolute atomic E-state index is 13.1. The monoisotopic (exact) mass is 333 g/mol. The summed E-state index contributed by atoms with van der Waals surface area (Å²) in [6.07, 6.45) is 4.26. The van der Waals surface area contributed by atoms with Crippen molar-refractivity contribution in [2.75, 3.05) is 25.0 Å². The molecule has 1 aliphatic rings. The molecule has 5 nitrogen and oxygen atoms in total. The normalized spacial score (nSPS) is 16.9. The first-order chi connectivity index (χ1) is 11.6. The largest absolute Gasteiger partial charge is 0.484 e. The van der Waals surface area contributed by atoms with E-state index in [2.05, 4.69) is 10.3 Å². The lowest BCUT2D eigenvalue weighted by Crippen LogP contribution is -2.35. The number of rotatable bonds is 5. The highest BCUT2D eigenvalue weighted by Gasteiger charge is 2.26. The summed E-state index contributed by atoms with van der Waals surface area (Å²) in [5.74, 6) is -2.00. The third-order valence-corrected chi connectivity index (χ3v) is 3.83. The number of pyridine rings is 1. The quantitative estimate of drug-likeness (QED) is 0.913. The third-order valence-electron chi connectivity index (χ3n) is 3.83. The van der Waals surface area contributed by atoms with Crippen LogP contribution >= 0.6 is 0 Å². The molecule has 0 aliphatic carbocycles. The van der Waals surface area contributed by atoms with E-state index in [1.54, 1.807) is 17.3 Å². The summed E-state index contributed by atoms with van der Waals surface area (Å²) in [4.78, 5) is 17.9. The summed E-state index contributed by atoms with van der Waals surface area (Å²) in [6, 6.07) is 7.11. The Bertz CT molecular complexity index is 712. The summed E-state index contributed by atoms with van der Waals surface area (Å²) in [7, 11) is 0. The van der Waals surface area contributed by atoms with Gasteiger partial charge in [0.05, 0.1) is 5.69 Å². The van der Waals surface area contributed by atoms with Gasteiger partial charge in [-0.2, -0.15) is 0 Å². The minimum absolute atomic E-state index is 0.131. The first kappa shape index (κ1) is 16.2. The Morgan fingerprint density at radius 1 is 1.33 bits per heavy atom. The van der Waals surface area contributed by atoms with Gasteiger partial charge in [-0.25, -0.2) is 8.78 Å². The Kier molecular flexibility index (Phi) is 4.88. The van der Waals surface area contributed by atoms with Gasteiger partial charge in [0, 0.05) is 37.6 Å². The molecule has 1 aliphatic heterocycles. The number of hydrogen-bond acceptors (Lipinski definition) is 4. The van der Waals surface area contributed by atoms with Gasteiger partial charge in [0.15, 0.2) is 18.2 Å². The van der Waals surface area contributed by atoms with Crippen LogP contribution in [0.1, 0.15) is 6.42 Å². The SMILES string of the molecule is O=C(COc1ccc(F)c(F)c1)N1CCC(Nc2cccnc2)C1. The molecule has 0 bridgehead atoms. The maximum Gasteiger partial charge on any atom is 0.260 e. The molecule has 2 heterocycles. The van der Waals surface area contributed by atoms with Gasteiger partial charge in [-0.15, -0.1) is 0 Å². The topological polar surface area (TPSA) is 54.5 Å². The highest BCUT2D eigenvalue weighted by atomic mass is 19.2. The van der Waals surface area contributed by atoms with Crippen LogP contribution in [0.5, 0.6) is 5.75 Å². The third kappa shape index (κ3) is 3.98. The fourth-order valence-corrected chi connectivity index (χ4v) is 2.59. The fourth-order valence-electron chi connectivity index (χ4n) is 2.59. The van der Waals surface area contributed by atoms with E-state index in [0.717, 1.165) is 24.2 Å². The summed E-state index contributed by atoms with van der Waals surface area (Å²) < 4.78 is 31.2. The van der Waals surface area contributed by atoms with Gasteiger partial charge >= 0.3 is 0 Å². The lowest BCUT2D eigenvalue weighted by Gasteiger charge is -2.18. The van der Waals surface area contributed by atoms with Crippen LogP contribution in [0, 0.1) is 11.6 Å². The molecular weight excluding hydrogens is 316 g/mol. The number of hydrogen-bond donors (Lipinski definition) is 1. The molecule has 1 amide bonds. The predicted octanol–water partition coefficient (Wildman–Crippen LogP) is 2.45. The number of aromatic nitrogens is 1. The summed E-state index contributed by atoms with van der Waals surface area (Å²) >= 11 is 0. The number of halogens is 2. The van der Waals surface area contributed by atoms with Crippen LogP contribution in [0.3, 0.4) is 0 Å². The van der Waals surface area contributed by atoms with Crippen LogP contribution in [0.2, 0.25) is 0 Å². The van der Waals surface area contributed by atoms with Gasteiger partial charge in [0.2, 0.25) is 0 Å². The van der Waals surface area contributed by atoms with Crippen LogP contribution in [-0.4, -0.2) is 41.5 Å². The molecule has 1 aromatic heterocycles. The van der Waals surface area contributed by atoms with Gasteiger partial charge in [-0.1, -0.05) is 0 Å². The van der Waals surface area contributed by atoms with Crippen molar-refractivity contribution in [3.63, 3.8) is 0 Å². The van der Waals surface area contributed by atoms with E-state index in [1.165, 1.54) is 6.07 Å². The molecule has 2 aromatic rings. The van der Waals surface area contributed by atoms with Crippen molar-refractivity contribution in [3.05, 3.63) is 54.4 Å². The molecule has 0 spiro atoms. The number of ether oxygens (including phenoxy) is 1. The van der Waals surface area contributed by atoms with Crippen LogP contribution in [0.25, 0.3) is 0 Å². The number of benzene rings is 1. The van der Waals surface area contributed by atoms with Crippen molar-refractivity contribution < 1.29 is 18.3 Å². The molecule has 0 saturated carbocycles. The molecule has 1 fully saturated rings. The molecule has 0 radical (unpaired) electrons. The van der Waals surface area contributed by atoms with E-state index in [-0.39, 0.29) is 24.3 Å². The van der Waals surface area contributed by atoms with E-state index in [0.29, 0.717) is 13.1 Å². The molecule has 3 rings (SSSR count). The van der Waals surface area contributed by atoms with Crippen LogP contribution < -0.4 is 10.1 Å². The summed E-state index contributed by atoms with van der Waals surface area (Å²) in [6.45, 7) is 0.984. The van der Waals surface area contributed by atoms with E-state index in [9.17, 15) is 13.6 Å². The van der Waals surface area contributed by atoms with Crippen LogP contribution in [0.15, 0.2) is 42.7 Å². The fraction of sp³-hybridized carbons (Fsp3) is 0.294. The number of nitrogens with one attached hydrogen (secondary N) is 1. The predicted molar refractivity (Wildman–Crippen MR) is 84.7 cm³/mol. The molecule has 1 N–H and O–H groups in total. The Morgan fingerprint density at radius 3 is 2.96 bits per heavy atom. The van der Waals surface area contributed by atoms with Crippen LogP contribution in [0.4, 0.5) is 14.5 Å². The zero-order valence-corrected chi connectivity index (χ0v) is 12.9. The van der Waals surface area contributed by atoms with Crippen molar-refractivity contribution in [3.8, 4) is 5.75 Å². The van der Waals surface area contributed by atoms with E-state index in [4.69, 9.17) is 4.74 Å². The van der Waals surface area contributed by atoms with Crippen molar-refractivity contribution in [1.29, 1.82) is 0 Å². The number of likely N-dealkylation sites (tertiary alicyclic amines) is 1. The number of carbonyl (C=O) groups excluding carboxylic acids is 1. The Labute approximate surface area is 138 Å². The average molecular weight is 333 g/mol. The van der Waals surface area contributed by atoms with E-state index in [1.807, 2.05) is 12.1 Å². The first-order valence-corrected chi connectivity index (χ1v) is 7.64. The minimum atomic E-state index is -0.998. The zero-order valence-electron chi connectivity index (χ0n) is 12.9. The molecular formula is C17H17F2N3O2. The van der Waals surface area contributed by atoms with Crippen molar-refractivity contribution in [2.24, 2.45) is 0 Å². The number of anilines is 1. The lowest BCUT2D eigenvalue weighted by molar-refractivity contribution is -0.132. The zero-order chi connectivity index (χ0) is 16.9. The Morgan fingerprint density at radius 2 is 2.21 bits per heavy atom. The van der Waals surface area contributed by atoms with Gasteiger partial charge < -0.3 is 15.0 Å². The number of nitrogens with zero attached hydrogens (tertiary/aromatic N) is 2. The van der Waals surface area contributed by atoms with Gasteiger partial charge in [-0.05, 0) is 30.7 Å². The Balaban J connectivity index is 1.48. The van der Waals surface area contributed by atoms with Crippen molar-refractivity contribution in [1.82, 2.24) is 9.88 Å². The van der Waals surface area contributed by atoms with Crippen molar-refractivity contribution in [2.45, 2.75) is 12.5 Å². The summed E-state index contributed by atoms with van der Waals surface area (Å²) in [5.41, 5.74) is 0.912. The van der Waals surface area contributed by atoms with Gasteiger partial charge in [-0.3, -0.25) is 9.78 Å². The second-order valence-corrected chi connectivity index (χ2v) is 5.58. The molecule has 7 heteroatoms. The molecule has 126 valence electrons. The van der Waals surface area contributed by atoms with E-state index < -0.39 is 11.6 Å². The molecule has 24 heavy (non-hydrogen) atoms. The van der Waals surface area contributed by atoms with Crippen molar-refractivity contribution >= 4 is 11.6 Å². The average Bonchev–Trinajstić information content (AvgIpc) is 3.05. The number of amides is 1. The molecule has 1 saturated heterocycles. The minimum Gasteiger partial charge on any atom is -0.484 e. The van der Waals surface area contributed by atoms with Crippen LogP contribution in [-0.2, 0) is 4.79 Å². The van der Waals surface area contributed by atoms with Gasteiger partial charge in [0.1, 0.15) is 5.75 Å². The Hall–Kier alpha value is -2.70. The summed E-state index contributed by atoms with van der Waals surface area (Å²) in [5, 5.41) is 3.32. The molecule has 1 aromatic carbocycles. The van der Waals surface area contributed by atoms with E-state index >= 15 is 0 Å².